The Labute approximate surface area is 126 Å². The van der Waals surface area contributed by atoms with Gasteiger partial charge < -0.3 is 14.9 Å². The molecule has 120 valence electrons. The minimum Gasteiger partial charge on any atom is -0.481 e. The van der Waals surface area contributed by atoms with E-state index in [1.165, 1.54) is 0 Å². The Hall–Kier alpha value is -1.30. The van der Waals surface area contributed by atoms with E-state index in [0.29, 0.717) is 25.6 Å². The van der Waals surface area contributed by atoms with Crippen molar-refractivity contribution in [1.29, 1.82) is 0 Å². The molecule has 21 heavy (non-hydrogen) atoms. The van der Waals surface area contributed by atoms with Gasteiger partial charge in [-0.1, -0.05) is 6.92 Å². The fourth-order valence-corrected chi connectivity index (χ4v) is 3.16. The van der Waals surface area contributed by atoms with Crippen LogP contribution in [0.1, 0.15) is 33.1 Å². The second-order valence-electron chi connectivity index (χ2n) is 6.19. The maximum atomic E-state index is 12.5. The fourth-order valence-electron chi connectivity index (χ4n) is 3.16. The molecular formula is C15H27N3O3. The monoisotopic (exact) mass is 297 g/mol. The smallest absolute Gasteiger partial charge is 0.320 e. The molecule has 2 fully saturated rings. The van der Waals surface area contributed by atoms with Crippen LogP contribution >= 0.6 is 0 Å². The lowest BCUT2D eigenvalue weighted by molar-refractivity contribution is -0.143. The third-order valence-electron chi connectivity index (χ3n) is 4.84. The zero-order chi connectivity index (χ0) is 15.4. The summed E-state index contributed by atoms with van der Waals surface area (Å²) in [6.07, 6.45) is 2.59. The Balaban J connectivity index is 1.85. The van der Waals surface area contributed by atoms with E-state index in [1.807, 2.05) is 4.90 Å². The molecular weight excluding hydrogens is 270 g/mol. The van der Waals surface area contributed by atoms with Crippen molar-refractivity contribution in [2.45, 2.75) is 39.2 Å². The number of carboxylic acid groups (broad SMARTS) is 1. The third kappa shape index (κ3) is 3.87. The quantitative estimate of drug-likeness (QED) is 0.853. The predicted molar refractivity (Wildman–Crippen MR) is 80.2 cm³/mol. The van der Waals surface area contributed by atoms with Crippen molar-refractivity contribution < 1.29 is 14.7 Å². The zero-order valence-electron chi connectivity index (χ0n) is 13.1. The molecule has 2 rings (SSSR count). The van der Waals surface area contributed by atoms with Gasteiger partial charge >= 0.3 is 12.0 Å². The van der Waals surface area contributed by atoms with Crippen LogP contribution in [0.3, 0.4) is 0 Å². The Morgan fingerprint density at radius 1 is 1.14 bits per heavy atom. The van der Waals surface area contributed by atoms with Gasteiger partial charge in [-0.05, 0) is 26.2 Å². The minimum atomic E-state index is -0.783. The van der Waals surface area contributed by atoms with Gasteiger partial charge in [0, 0.05) is 45.3 Å². The van der Waals surface area contributed by atoms with E-state index < -0.39 is 11.9 Å². The summed E-state index contributed by atoms with van der Waals surface area (Å²) < 4.78 is 0. The average molecular weight is 297 g/mol. The molecule has 0 spiro atoms. The normalized spacial score (nSPS) is 25.7. The van der Waals surface area contributed by atoms with Gasteiger partial charge in [-0.25, -0.2) is 4.79 Å². The molecule has 2 atom stereocenters. The van der Waals surface area contributed by atoms with E-state index in [0.717, 1.165) is 39.0 Å². The first kappa shape index (κ1) is 16.1. The van der Waals surface area contributed by atoms with Crippen molar-refractivity contribution in [1.82, 2.24) is 14.7 Å². The highest BCUT2D eigenvalue weighted by molar-refractivity contribution is 5.76. The van der Waals surface area contributed by atoms with Gasteiger partial charge in [0.05, 0.1) is 5.92 Å². The minimum absolute atomic E-state index is 0.0183. The first-order valence-corrected chi connectivity index (χ1v) is 8.03. The van der Waals surface area contributed by atoms with E-state index in [4.69, 9.17) is 5.11 Å². The van der Waals surface area contributed by atoms with Crippen molar-refractivity contribution in [2.75, 3.05) is 39.3 Å². The maximum absolute atomic E-state index is 12.5. The molecule has 2 amide bonds. The number of piperazine rings is 1. The molecule has 0 aromatic carbocycles. The number of urea groups is 1. The Morgan fingerprint density at radius 2 is 1.81 bits per heavy atom. The highest BCUT2D eigenvalue weighted by atomic mass is 16.4. The Bertz CT molecular complexity index is 380. The molecule has 0 saturated carbocycles. The van der Waals surface area contributed by atoms with E-state index >= 15 is 0 Å². The van der Waals surface area contributed by atoms with Gasteiger partial charge in [0.25, 0.3) is 0 Å². The zero-order valence-corrected chi connectivity index (χ0v) is 13.1. The first-order chi connectivity index (χ1) is 10.0. The maximum Gasteiger partial charge on any atom is 0.320 e. The van der Waals surface area contributed by atoms with Gasteiger partial charge in [-0.3, -0.25) is 9.69 Å². The van der Waals surface area contributed by atoms with Crippen LogP contribution in [0.4, 0.5) is 4.79 Å². The Kier molecular flexibility index (Phi) is 5.45. The fraction of sp³-hybridized carbons (Fsp3) is 0.867. The number of piperidine rings is 1. The van der Waals surface area contributed by atoms with Gasteiger partial charge in [0.15, 0.2) is 0 Å². The molecule has 2 unspecified atom stereocenters. The summed E-state index contributed by atoms with van der Waals surface area (Å²) in [5.74, 6) is -1.18. The topological polar surface area (TPSA) is 64.1 Å². The number of hydrogen-bond donors (Lipinski definition) is 1. The Morgan fingerprint density at radius 3 is 2.38 bits per heavy atom. The summed E-state index contributed by atoms with van der Waals surface area (Å²) in [7, 11) is 0. The molecule has 6 heteroatoms. The average Bonchev–Trinajstić information content (AvgIpc) is 2.53. The first-order valence-electron chi connectivity index (χ1n) is 8.03. The SMILES string of the molecule is CCC(C)N1CCN(C(=O)N2CCCC(C(=O)O)C2)CC1. The number of carbonyl (C=O) groups excluding carboxylic acids is 1. The van der Waals surface area contributed by atoms with Crippen LogP contribution in [-0.4, -0.2) is 77.1 Å². The lowest BCUT2D eigenvalue weighted by Gasteiger charge is -2.41. The number of hydrogen-bond acceptors (Lipinski definition) is 3. The van der Waals surface area contributed by atoms with Crippen molar-refractivity contribution in [3.05, 3.63) is 0 Å². The van der Waals surface area contributed by atoms with E-state index in [1.54, 1.807) is 4.90 Å². The van der Waals surface area contributed by atoms with E-state index in [-0.39, 0.29) is 6.03 Å². The largest absolute Gasteiger partial charge is 0.481 e. The molecule has 0 aromatic heterocycles. The van der Waals surface area contributed by atoms with Crippen LogP contribution in [0.2, 0.25) is 0 Å². The number of aliphatic carboxylic acids is 1. The van der Waals surface area contributed by atoms with Gasteiger partial charge in [0.1, 0.15) is 0 Å². The lowest BCUT2D eigenvalue weighted by atomic mass is 9.98. The summed E-state index contributed by atoms with van der Waals surface area (Å²) in [6, 6.07) is 0.582. The number of nitrogens with zero attached hydrogens (tertiary/aromatic N) is 3. The molecule has 2 saturated heterocycles. The van der Waals surface area contributed by atoms with Crippen molar-refractivity contribution in [3.8, 4) is 0 Å². The number of carboxylic acids is 1. The molecule has 0 aliphatic carbocycles. The number of carbonyl (C=O) groups is 2. The van der Waals surface area contributed by atoms with Crippen LogP contribution in [0.5, 0.6) is 0 Å². The number of rotatable bonds is 3. The summed E-state index contributed by atoms with van der Waals surface area (Å²) in [5, 5.41) is 9.11. The highest BCUT2D eigenvalue weighted by Crippen LogP contribution is 2.19. The molecule has 2 aliphatic heterocycles. The molecule has 1 N–H and O–H groups in total. The van der Waals surface area contributed by atoms with Crippen LogP contribution in [-0.2, 0) is 4.79 Å². The summed E-state index contributed by atoms with van der Waals surface area (Å²) in [5.41, 5.74) is 0. The van der Waals surface area contributed by atoms with Crippen molar-refractivity contribution in [3.63, 3.8) is 0 Å². The predicted octanol–water partition coefficient (Wildman–Crippen LogP) is 1.32. The third-order valence-corrected chi connectivity index (χ3v) is 4.84. The highest BCUT2D eigenvalue weighted by Gasteiger charge is 2.32. The van der Waals surface area contributed by atoms with Crippen LogP contribution in [0.25, 0.3) is 0 Å². The number of likely N-dealkylation sites (tertiary alicyclic amines) is 1. The summed E-state index contributed by atoms with van der Waals surface area (Å²) in [4.78, 5) is 29.6. The second kappa shape index (κ2) is 7.11. The van der Waals surface area contributed by atoms with Crippen molar-refractivity contribution >= 4 is 12.0 Å². The number of amides is 2. The van der Waals surface area contributed by atoms with Crippen molar-refractivity contribution in [2.24, 2.45) is 5.92 Å². The molecule has 2 heterocycles. The molecule has 0 bridgehead atoms. The summed E-state index contributed by atoms with van der Waals surface area (Å²) >= 11 is 0. The molecule has 0 radical (unpaired) electrons. The summed E-state index contributed by atoms with van der Waals surface area (Å²) in [6.45, 7) is 8.78. The van der Waals surface area contributed by atoms with E-state index in [2.05, 4.69) is 18.7 Å². The van der Waals surface area contributed by atoms with Crippen LogP contribution < -0.4 is 0 Å². The molecule has 0 aromatic rings. The van der Waals surface area contributed by atoms with E-state index in [9.17, 15) is 9.59 Å². The van der Waals surface area contributed by atoms with Gasteiger partial charge in [-0.15, -0.1) is 0 Å². The van der Waals surface area contributed by atoms with Crippen LogP contribution in [0.15, 0.2) is 0 Å². The van der Waals surface area contributed by atoms with Crippen LogP contribution in [0, 0.1) is 5.92 Å². The molecule has 6 nitrogen and oxygen atoms in total. The van der Waals surface area contributed by atoms with Gasteiger partial charge in [-0.2, -0.15) is 0 Å². The molecule has 2 aliphatic rings. The lowest BCUT2D eigenvalue weighted by Crippen LogP contribution is -2.56. The second-order valence-corrected chi connectivity index (χ2v) is 6.19. The standard InChI is InChI=1S/C15H27N3O3/c1-3-12(2)16-7-9-17(10-8-16)15(21)18-6-4-5-13(11-18)14(19)20/h12-13H,3-11H2,1-2H3,(H,19,20). The van der Waals surface area contributed by atoms with Gasteiger partial charge in [0.2, 0.25) is 0 Å².